The number of likely N-dealkylation sites (N-methyl/N-ethyl adjacent to an activating group) is 1. The molecule has 1 saturated heterocycles. The van der Waals surface area contributed by atoms with E-state index in [0.29, 0.717) is 0 Å². The van der Waals surface area contributed by atoms with Gasteiger partial charge in [0.1, 0.15) is 32.7 Å². The van der Waals surface area contributed by atoms with Gasteiger partial charge in [-0.25, -0.2) is 0 Å². The summed E-state index contributed by atoms with van der Waals surface area (Å²) in [5.74, 6) is 0.142. The highest BCUT2D eigenvalue weighted by molar-refractivity contribution is 7.16. The van der Waals surface area contributed by atoms with Crippen LogP contribution in [-0.2, 0) is 11.3 Å². The lowest BCUT2D eigenvalue weighted by Gasteiger charge is -2.32. The molecule has 0 radical (unpaired) electrons. The number of carbonyl (C=O) groups excluding carboxylic acids is 1. The van der Waals surface area contributed by atoms with E-state index in [0.717, 1.165) is 37.1 Å². The van der Waals surface area contributed by atoms with Gasteiger partial charge in [-0.05, 0) is 19.1 Å². The van der Waals surface area contributed by atoms with Gasteiger partial charge in [-0.3, -0.25) is 4.79 Å². The van der Waals surface area contributed by atoms with Crippen molar-refractivity contribution in [2.24, 2.45) is 0 Å². The van der Waals surface area contributed by atoms with Crippen molar-refractivity contribution in [3.8, 4) is 0 Å². The number of piperazine rings is 1. The van der Waals surface area contributed by atoms with Crippen molar-refractivity contribution in [3.05, 3.63) is 21.3 Å². The number of rotatable bonds is 4. The van der Waals surface area contributed by atoms with Crippen molar-refractivity contribution in [1.29, 1.82) is 0 Å². The minimum absolute atomic E-state index is 0.0581. The van der Waals surface area contributed by atoms with Crippen molar-refractivity contribution in [2.45, 2.75) is 19.5 Å². The fourth-order valence-electron chi connectivity index (χ4n) is 2.63. The second kappa shape index (κ2) is 6.70. The molecule has 4 nitrogen and oxygen atoms in total. The molecule has 106 valence electrons. The third kappa shape index (κ3) is 3.92. The normalized spacial score (nSPS) is 25.0. The Morgan fingerprint density at radius 2 is 2.11 bits per heavy atom. The number of quaternary nitrogens is 2. The van der Waals surface area contributed by atoms with E-state index in [2.05, 4.69) is 11.4 Å². The van der Waals surface area contributed by atoms with E-state index < -0.39 is 0 Å². The molecule has 0 aromatic carbocycles. The standard InChI is InChI=1S/C13H20ClN3OS/c1-10(13(18)15-2)17-7-5-16(6-8-17)9-11-3-4-12(14)19-11/h3-4,10H,5-9H2,1-2H3,(H,15,18)/p+2/t10-/m0/s1. The molecule has 1 amide bonds. The SMILES string of the molecule is CNC(=O)[C@H](C)[NH+]1CC[NH+](Cc2ccc(Cl)s2)CC1. The molecule has 0 saturated carbocycles. The van der Waals surface area contributed by atoms with Crippen LogP contribution in [0.1, 0.15) is 11.8 Å². The van der Waals surface area contributed by atoms with Gasteiger partial charge in [-0.15, -0.1) is 11.3 Å². The summed E-state index contributed by atoms with van der Waals surface area (Å²) < 4.78 is 0.868. The van der Waals surface area contributed by atoms with Gasteiger partial charge in [0.2, 0.25) is 0 Å². The van der Waals surface area contributed by atoms with Gasteiger partial charge in [0.15, 0.2) is 6.04 Å². The van der Waals surface area contributed by atoms with Crippen LogP contribution in [0, 0.1) is 0 Å². The van der Waals surface area contributed by atoms with Gasteiger partial charge in [0.05, 0.1) is 9.21 Å². The van der Waals surface area contributed by atoms with Crippen LogP contribution >= 0.6 is 22.9 Å². The Labute approximate surface area is 123 Å². The third-order valence-corrected chi connectivity index (χ3v) is 5.14. The molecular formula is C13H22ClN3OS+2. The molecule has 0 unspecified atom stereocenters. The van der Waals surface area contributed by atoms with E-state index in [9.17, 15) is 4.79 Å². The Bertz CT molecular complexity index is 429. The van der Waals surface area contributed by atoms with Gasteiger partial charge in [-0.2, -0.15) is 0 Å². The maximum Gasteiger partial charge on any atom is 0.277 e. The van der Waals surface area contributed by atoms with Crippen molar-refractivity contribution in [1.82, 2.24) is 5.32 Å². The summed E-state index contributed by atoms with van der Waals surface area (Å²) in [5, 5.41) is 2.74. The molecule has 1 atom stereocenters. The minimum Gasteiger partial charge on any atom is -0.354 e. The summed E-state index contributed by atoms with van der Waals surface area (Å²) in [6.45, 7) is 7.42. The highest BCUT2D eigenvalue weighted by atomic mass is 35.5. The first kappa shape index (κ1) is 14.8. The molecule has 3 N–H and O–H groups in total. The summed E-state index contributed by atoms with van der Waals surface area (Å²) in [7, 11) is 1.71. The molecule has 0 aliphatic carbocycles. The van der Waals surface area contributed by atoms with Crippen molar-refractivity contribution in [2.75, 3.05) is 33.2 Å². The zero-order valence-corrected chi connectivity index (χ0v) is 13.0. The topological polar surface area (TPSA) is 38.0 Å². The van der Waals surface area contributed by atoms with E-state index in [4.69, 9.17) is 11.6 Å². The molecule has 1 fully saturated rings. The Balaban J connectivity index is 1.80. The Morgan fingerprint density at radius 3 is 2.63 bits per heavy atom. The zero-order valence-electron chi connectivity index (χ0n) is 11.5. The minimum atomic E-state index is 0.0581. The fourth-order valence-corrected chi connectivity index (χ4v) is 3.79. The number of amides is 1. The van der Waals surface area contributed by atoms with Gasteiger partial charge in [0.25, 0.3) is 5.91 Å². The number of hydrogen-bond acceptors (Lipinski definition) is 2. The summed E-state index contributed by atoms with van der Waals surface area (Å²) in [6.07, 6.45) is 0. The lowest BCUT2D eigenvalue weighted by Crippen LogP contribution is -3.29. The summed E-state index contributed by atoms with van der Waals surface area (Å²) in [6, 6.07) is 4.14. The van der Waals surface area contributed by atoms with E-state index >= 15 is 0 Å². The van der Waals surface area contributed by atoms with E-state index in [1.165, 1.54) is 9.78 Å². The van der Waals surface area contributed by atoms with Crippen molar-refractivity contribution >= 4 is 28.8 Å². The predicted octanol–water partition coefficient (Wildman–Crippen LogP) is -1.18. The fraction of sp³-hybridized carbons (Fsp3) is 0.615. The van der Waals surface area contributed by atoms with E-state index in [1.807, 2.05) is 13.0 Å². The van der Waals surface area contributed by atoms with Crippen LogP contribution in [0.5, 0.6) is 0 Å². The molecule has 0 bridgehead atoms. The highest BCUT2D eigenvalue weighted by Gasteiger charge is 2.30. The van der Waals surface area contributed by atoms with Gasteiger partial charge >= 0.3 is 0 Å². The zero-order chi connectivity index (χ0) is 13.8. The van der Waals surface area contributed by atoms with Crippen LogP contribution in [-0.4, -0.2) is 45.2 Å². The number of nitrogens with one attached hydrogen (secondary N) is 3. The first-order valence-corrected chi connectivity index (χ1v) is 7.93. The average molecular weight is 304 g/mol. The Kier molecular flexibility index (Phi) is 5.21. The second-order valence-corrected chi connectivity index (χ2v) is 6.93. The average Bonchev–Trinajstić information content (AvgIpc) is 2.83. The molecule has 1 aliphatic heterocycles. The van der Waals surface area contributed by atoms with Crippen LogP contribution in [0.2, 0.25) is 4.34 Å². The highest BCUT2D eigenvalue weighted by Crippen LogP contribution is 2.20. The Morgan fingerprint density at radius 1 is 1.42 bits per heavy atom. The number of thiophene rings is 1. The van der Waals surface area contributed by atoms with Crippen LogP contribution in [0.15, 0.2) is 12.1 Å². The number of halogens is 1. The van der Waals surface area contributed by atoms with E-state index in [-0.39, 0.29) is 11.9 Å². The molecule has 2 rings (SSSR count). The summed E-state index contributed by atoms with van der Waals surface area (Å²) in [5.41, 5.74) is 0. The van der Waals surface area contributed by atoms with Crippen LogP contribution in [0.4, 0.5) is 0 Å². The Hall–Kier alpha value is -0.620. The molecule has 2 heterocycles. The number of hydrogen-bond donors (Lipinski definition) is 3. The molecular weight excluding hydrogens is 282 g/mol. The van der Waals surface area contributed by atoms with Gasteiger partial charge in [0, 0.05) is 7.05 Å². The third-order valence-electron chi connectivity index (χ3n) is 3.90. The molecule has 1 aromatic heterocycles. The molecule has 1 aliphatic rings. The molecule has 0 spiro atoms. The number of carbonyl (C=O) groups is 1. The monoisotopic (exact) mass is 303 g/mol. The molecule has 6 heteroatoms. The summed E-state index contributed by atoms with van der Waals surface area (Å²) in [4.78, 5) is 16.0. The first-order chi connectivity index (χ1) is 9.10. The molecule has 1 aromatic rings. The van der Waals surface area contributed by atoms with Crippen LogP contribution in [0.25, 0.3) is 0 Å². The van der Waals surface area contributed by atoms with Crippen molar-refractivity contribution < 1.29 is 14.6 Å². The first-order valence-electron chi connectivity index (χ1n) is 6.74. The van der Waals surface area contributed by atoms with Gasteiger partial charge in [-0.1, -0.05) is 11.6 Å². The molecule has 19 heavy (non-hydrogen) atoms. The maximum absolute atomic E-state index is 11.6. The van der Waals surface area contributed by atoms with E-state index in [1.54, 1.807) is 23.3 Å². The van der Waals surface area contributed by atoms with Gasteiger partial charge < -0.3 is 15.1 Å². The summed E-state index contributed by atoms with van der Waals surface area (Å²) >= 11 is 7.63. The smallest absolute Gasteiger partial charge is 0.277 e. The predicted molar refractivity (Wildman–Crippen MR) is 78.0 cm³/mol. The lowest BCUT2D eigenvalue weighted by molar-refractivity contribution is -1.02. The second-order valence-electron chi connectivity index (χ2n) is 5.13. The van der Waals surface area contributed by atoms with Crippen LogP contribution in [0.3, 0.4) is 0 Å². The quantitative estimate of drug-likeness (QED) is 0.644. The van der Waals surface area contributed by atoms with Crippen molar-refractivity contribution in [3.63, 3.8) is 0 Å². The van der Waals surface area contributed by atoms with Crippen LogP contribution < -0.4 is 15.1 Å². The lowest BCUT2D eigenvalue weighted by atomic mass is 10.2. The largest absolute Gasteiger partial charge is 0.354 e. The maximum atomic E-state index is 11.6.